The number of urea groups is 1. The summed E-state index contributed by atoms with van der Waals surface area (Å²) in [5, 5.41) is 22.3. The van der Waals surface area contributed by atoms with Crippen LogP contribution in [0.4, 0.5) is 16.2 Å². The third-order valence-electron chi connectivity index (χ3n) is 5.84. The minimum atomic E-state index is -0.596. The van der Waals surface area contributed by atoms with E-state index in [9.17, 15) is 24.8 Å². The van der Waals surface area contributed by atoms with Gasteiger partial charge in [0.1, 0.15) is 6.04 Å². The van der Waals surface area contributed by atoms with Crippen molar-refractivity contribution in [1.29, 1.82) is 0 Å². The molecular formula is C18H15N3O5. The Kier molecular flexibility index (Phi) is 2.94. The summed E-state index contributed by atoms with van der Waals surface area (Å²) in [4.78, 5) is 39.4. The largest absolute Gasteiger partial charge is 0.391 e. The molecule has 2 heterocycles. The number of nitro benzene ring substituents is 1. The Morgan fingerprint density at radius 1 is 1.08 bits per heavy atom. The summed E-state index contributed by atoms with van der Waals surface area (Å²) in [5.41, 5.74) is 0.281. The van der Waals surface area contributed by atoms with Gasteiger partial charge in [0.05, 0.1) is 28.1 Å². The number of hydrogen-bond donors (Lipinski definition) is 1. The summed E-state index contributed by atoms with van der Waals surface area (Å²) in [6, 6.07) is 8.14. The predicted octanol–water partition coefficient (Wildman–Crippen LogP) is 2.04. The first-order valence-corrected chi connectivity index (χ1v) is 8.49. The fourth-order valence-electron chi connectivity index (χ4n) is 4.79. The van der Waals surface area contributed by atoms with Crippen molar-refractivity contribution in [1.82, 2.24) is 4.90 Å². The zero-order chi connectivity index (χ0) is 18.2. The van der Waals surface area contributed by atoms with Gasteiger partial charge in [0.2, 0.25) is 0 Å². The molecule has 3 amide bonds. The van der Waals surface area contributed by atoms with Crippen LogP contribution in [-0.4, -0.2) is 45.1 Å². The maximum atomic E-state index is 13.0. The highest BCUT2D eigenvalue weighted by molar-refractivity contribution is 6.25. The maximum absolute atomic E-state index is 13.0. The fraction of sp³-hybridized carbons (Fsp3) is 0.333. The smallest absolute Gasteiger partial charge is 0.332 e. The summed E-state index contributed by atoms with van der Waals surface area (Å²) in [7, 11) is 0. The summed E-state index contributed by atoms with van der Waals surface area (Å²) >= 11 is 0. The van der Waals surface area contributed by atoms with Crippen LogP contribution in [0.5, 0.6) is 0 Å². The lowest BCUT2D eigenvalue weighted by Crippen LogP contribution is -2.47. The molecule has 8 nitrogen and oxygen atoms in total. The number of carbonyl (C=O) groups excluding carboxylic acids is 2. The molecule has 2 aromatic carbocycles. The van der Waals surface area contributed by atoms with Crippen LogP contribution >= 0.6 is 0 Å². The summed E-state index contributed by atoms with van der Waals surface area (Å²) in [6.45, 7) is 0. The van der Waals surface area contributed by atoms with Gasteiger partial charge in [-0.3, -0.25) is 14.9 Å². The molecule has 1 N–H and O–H groups in total. The van der Waals surface area contributed by atoms with E-state index in [4.69, 9.17) is 0 Å². The number of benzene rings is 2. The number of fused-ring (bicyclic) bond motifs is 6. The van der Waals surface area contributed by atoms with Crippen LogP contribution in [-0.2, 0) is 4.79 Å². The summed E-state index contributed by atoms with van der Waals surface area (Å²) in [5.74, 6) is -0.339. The number of amides is 3. The lowest BCUT2D eigenvalue weighted by atomic mass is 9.98. The third-order valence-corrected chi connectivity index (χ3v) is 5.84. The van der Waals surface area contributed by atoms with Gasteiger partial charge in [-0.25, -0.2) is 9.69 Å². The molecule has 2 aliphatic heterocycles. The van der Waals surface area contributed by atoms with Crippen molar-refractivity contribution in [2.24, 2.45) is 5.92 Å². The molecule has 8 heteroatoms. The minimum Gasteiger partial charge on any atom is -0.391 e. The van der Waals surface area contributed by atoms with Gasteiger partial charge in [-0.2, -0.15) is 0 Å². The molecule has 0 spiro atoms. The molecule has 2 aromatic rings. The first-order valence-electron chi connectivity index (χ1n) is 8.49. The number of aliphatic hydroxyl groups is 1. The standard InChI is InChI=1S/C18H15N3O5/c22-15-8-9-7-14(15)19-16(9)17(23)20(18(19)24)12-5-6-13(21(25)26)11-4-2-1-3-10(11)12/h1-6,9,14-16,22H,7-8H2/t9-,14+,15+,16-/m1/s1. The summed E-state index contributed by atoms with van der Waals surface area (Å²) in [6.07, 6.45) is 0.583. The van der Waals surface area contributed by atoms with E-state index in [1.807, 2.05) is 0 Å². The first-order chi connectivity index (χ1) is 12.5. The first kappa shape index (κ1) is 15.3. The number of rotatable bonds is 2. The predicted molar refractivity (Wildman–Crippen MR) is 91.6 cm³/mol. The average molecular weight is 353 g/mol. The van der Waals surface area contributed by atoms with E-state index in [1.165, 1.54) is 17.0 Å². The second-order valence-electron chi connectivity index (χ2n) is 7.08. The number of carbonyl (C=O) groups is 2. The highest BCUT2D eigenvalue weighted by Gasteiger charge is 2.62. The Labute approximate surface area is 147 Å². The van der Waals surface area contributed by atoms with Gasteiger partial charge in [-0.15, -0.1) is 0 Å². The van der Waals surface area contributed by atoms with E-state index >= 15 is 0 Å². The molecule has 0 aromatic heterocycles. The van der Waals surface area contributed by atoms with Crippen molar-refractivity contribution < 1.29 is 19.6 Å². The number of imide groups is 1. The van der Waals surface area contributed by atoms with Crippen LogP contribution < -0.4 is 4.90 Å². The van der Waals surface area contributed by atoms with Gasteiger partial charge < -0.3 is 10.0 Å². The van der Waals surface area contributed by atoms with Crippen LogP contribution in [0.25, 0.3) is 10.8 Å². The number of nitrogens with zero attached hydrogens (tertiary/aromatic N) is 3. The van der Waals surface area contributed by atoms with Crippen molar-refractivity contribution in [3.63, 3.8) is 0 Å². The number of piperidine rings is 1. The van der Waals surface area contributed by atoms with E-state index in [-0.39, 0.29) is 23.6 Å². The fourth-order valence-corrected chi connectivity index (χ4v) is 4.79. The van der Waals surface area contributed by atoms with Gasteiger partial charge >= 0.3 is 6.03 Å². The van der Waals surface area contributed by atoms with Crippen molar-refractivity contribution in [2.75, 3.05) is 4.90 Å². The second-order valence-corrected chi connectivity index (χ2v) is 7.08. The van der Waals surface area contributed by atoms with E-state index in [0.717, 1.165) is 4.90 Å². The highest BCUT2D eigenvalue weighted by Crippen LogP contribution is 2.48. The number of nitro groups is 1. The van der Waals surface area contributed by atoms with Crippen molar-refractivity contribution in [3.05, 3.63) is 46.5 Å². The number of hydrogen-bond acceptors (Lipinski definition) is 5. The molecule has 132 valence electrons. The molecule has 3 aliphatic rings. The number of non-ortho nitro benzene ring substituents is 1. The molecule has 0 radical (unpaired) electrons. The zero-order valence-electron chi connectivity index (χ0n) is 13.6. The molecule has 3 fully saturated rings. The monoisotopic (exact) mass is 353 g/mol. The lowest BCUT2D eigenvalue weighted by molar-refractivity contribution is -0.383. The Balaban J connectivity index is 1.66. The van der Waals surface area contributed by atoms with Crippen LogP contribution in [0.15, 0.2) is 36.4 Å². The Bertz CT molecular complexity index is 990. The lowest BCUT2D eigenvalue weighted by Gasteiger charge is -2.29. The molecule has 5 rings (SSSR count). The minimum absolute atomic E-state index is 0.0271. The van der Waals surface area contributed by atoms with Gasteiger partial charge in [-0.1, -0.05) is 18.2 Å². The second kappa shape index (κ2) is 5.01. The van der Waals surface area contributed by atoms with Crippen molar-refractivity contribution in [2.45, 2.75) is 31.0 Å². The van der Waals surface area contributed by atoms with Crippen molar-refractivity contribution in [3.8, 4) is 0 Å². The van der Waals surface area contributed by atoms with E-state index in [2.05, 4.69) is 0 Å². The van der Waals surface area contributed by atoms with Crippen LogP contribution in [0.2, 0.25) is 0 Å². The molecule has 0 unspecified atom stereocenters. The quantitative estimate of drug-likeness (QED) is 0.505. The SMILES string of the molecule is O=C1[C@H]2[C@H]3C[C@H](O)[C@H](C3)N2C(=O)N1c1ccc([N+](=O)[O-])c2ccccc12. The van der Waals surface area contributed by atoms with E-state index in [1.54, 1.807) is 24.3 Å². The van der Waals surface area contributed by atoms with E-state index in [0.29, 0.717) is 29.3 Å². The Morgan fingerprint density at radius 2 is 1.81 bits per heavy atom. The summed E-state index contributed by atoms with van der Waals surface area (Å²) < 4.78 is 0. The van der Waals surface area contributed by atoms with Crippen molar-refractivity contribution >= 4 is 34.1 Å². The normalized spacial score (nSPS) is 29.7. The Hall–Kier alpha value is -3.00. The third kappa shape index (κ3) is 1.76. The van der Waals surface area contributed by atoms with Gasteiger partial charge in [0.15, 0.2) is 0 Å². The number of aliphatic hydroxyl groups excluding tert-OH is 1. The highest BCUT2D eigenvalue weighted by atomic mass is 16.6. The van der Waals surface area contributed by atoms with E-state index < -0.39 is 23.1 Å². The molecule has 26 heavy (non-hydrogen) atoms. The average Bonchev–Trinajstić information content (AvgIpc) is 3.25. The van der Waals surface area contributed by atoms with Gasteiger partial charge in [0, 0.05) is 11.5 Å². The topological polar surface area (TPSA) is 104 Å². The zero-order valence-corrected chi connectivity index (χ0v) is 13.6. The number of anilines is 1. The van der Waals surface area contributed by atoms with Gasteiger partial charge in [-0.05, 0) is 30.9 Å². The molecule has 1 aliphatic carbocycles. The van der Waals surface area contributed by atoms with Gasteiger partial charge in [0.25, 0.3) is 11.6 Å². The molecule has 2 bridgehead atoms. The van der Waals surface area contributed by atoms with Crippen LogP contribution in [0.3, 0.4) is 0 Å². The van der Waals surface area contributed by atoms with Crippen LogP contribution in [0.1, 0.15) is 12.8 Å². The Morgan fingerprint density at radius 3 is 2.54 bits per heavy atom. The molecule has 1 saturated carbocycles. The van der Waals surface area contributed by atoms with Crippen LogP contribution in [0, 0.1) is 16.0 Å². The molecular weight excluding hydrogens is 338 g/mol. The molecule has 2 saturated heterocycles. The maximum Gasteiger partial charge on any atom is 0.332 e. The molecule has 4 atom stereocenters.